The molecule has 0 saturated heterocycles. The van der Waals surface area contributed by atoms with Crippen molar-refractivity contribution in [2.75, 3.05) is 11.9 Å². The molecule has 0 saturated carbocycles. The van der Waals surface area contributed by atoms with E-state index in [1.807, 2.05) is 67.2 Å². The molecule has 2 aromatic carbocycles. The van der Waals surface area contributed by atoms with Crippen LogP contribution in [0.2, 0.25) is 0 Å². The fourth-order valence-corrected chi connectivity index (χ4v) is 3.51. The highest BCUT2D eigenvalue weighted by atomic mass is 16.2. The van der Waals surface area contributed by atoms with E-state index in [0.29, 0.717) is 0 Å². The average molecular weight is 343 g/mol. The van der Waals surface area contributed by atoms with Crippen LogP contribution in [0.5, 0.6) is 0 Å². The van der Waals surface area contributed by atoms with Gasteiger partial charge in [0.25, 0.3) is 5.91 Å². The van der Waals surface area contributed by atoms with E-state index in [-0.39, 0.29) is 5.91 Å². The Bertz CT molecular complexity index is 1020. The van der Waals surface area contributed by atoms with Gasteiger partial charge in [0.2, 0.25) is 0 Å². The van der Waals surface area contributed by atoms with Crippen molar-refractivity contribution < 1.29 is 4.79 Å². The maximum absolute atomic E-state index is 12.7. The first-order valence-electron chi connectivity index (χ1n) is 8.73. The zero-order valence-electron chi connectivity index (χ0n) is 15.2. The maximum Gasteiger partial charge on any atom is 0.258 e. The Labute approximate surface area is 153 Å². The van der Waals surface area contributed by atoms with Crippen molar-refractivity contribution in [2.24, 2.45) is 0 Å². The van der Waals surface area contributed by atoms with Crippen molar-refractivity contribution in [3.63, 3.8) is 0 Å². The summed E-state index contributed by atoms with van der Waals surface area (Å²) >= 11 is 0. The first-order chi connectivity index (χ1) is 12.6. The minimum Gasteiger partial charge on any atom is -0.311 e. The highest BCUT2D eigenvalue weighted by molar-refractivity contribution is 6.35. The van der Waals surface area contributed by atoms with Crippen molar-refractivity contribution in [1.29, 1.82) is 0 Å². The van der Waals surface area contributed by atoms with E-state index in [2.05, 4.69) is 19.1 Å². The van der Waals surface area contributed by atoms with Gasteiger partial charge < -0.3 is 4.90 Å². The van der Waals surface area contributed by atoms with Crippen LogP contribution in [0.25, 0.3) is 11.6 Å². The standard InChI is InChI=1S/C22H21N3O/c1-15-19(16(2)25(23-15)14-17-9-5-4-6-10-17)13-20-18-11-7-8-12-21(18)24(3)22(20)26/h4-13H,14H2,1-3H3/b20-13-. The van der Waals surface area contributed by atoms with Gasteiger partial charge in [-0.1, -0.05) is 48.5 Å². The van der Waals surface area contributed by atoms with Crippen molar-refractivity contribution in [1.82, 2.24) is 9.78 Å². The summed E-state index contributed by atoms with van der Waals surface area (Å²) in [5, 5.41) is 4.69. The fourth-order valence-electron chi connectivity index (χ4n) is 3.51. The first kappa shape index (κ1) is 16.3. The monoisotopic (exact) mass is 343 g/mol. The van der Waals surface area contributed by atoms with Gasteiger partial charge in [0.05, 0.1) is 17.9 Å². The van der Waals surface area contributed by atoms with Crippen LogP contribution < -0.4 is 4.90 Å². The normalized spacial score (nSPS) is 15.0. The maximum atomic E-state index is 12.7. The fraction of sp³-hybridized carbons (Fsp3) is 0.182. The molecule has 26 heavy (non-hydrogen) atoms. The van der Waals surface area contributed by atoms with E-state index in [1.54, 1.807) is 4.90 Å². The van der Waals surface area contributed by atoms with Crippen LogP contribution in [0.4, 0.5) is 5.69 Å². The number of benzene rings is 2. The molecule has 0 atom stereocenters. The SMILES string of the molecule is Cc1nn(Cc2ccccc2)c(C)c1/C=C1\C(=O)N(C)c2ccccc21. The Morgan fingerprint density at radius 1 is 1.00 bits per heavy atom. The largest absolute Gasteiger partial charge is 0.311 e. The van der Waals surface area contributed by atoms with Crippen molar-refractivity contribution in [3.8, 4) is 0 Å². The molecular formula is C22H21N3O. The molecule has 0 N–H and O–H groups in total. The van der Waals surface area contributed by atoms with Gasteiger partial charge in [-0.3, -0.25) is 9.48 Å². The number of nitrogens with zero attached hydrogens (tertiary/aromatic N) is 3. The van der Waals surface area contributed by atoms with Crippen LogP contribution >= 0.6 is 0 Å². The number of hydrogen-bond acceptors (Lipinski definition) is 2. The number of para-hydroxylation sites is 1. The van der Waals surface area contributed by atoms with Gasteiger partial charge in [-0.25, -0.2) is 0 Å². The van der Waals surface area contributed by atoms with Gasteiger partial charge in [0.15, 0.2) is 0 Å². The van der Waals surface area contributed by atoms with Gasteiger partial charge in [-0.05, 0) is 31.6 Å². The molecule has 0 radical (unpaired) electrons. The number of carbonyl (C=O) groups excluding carboxylic acids is 1. The third-order valence-electron chi connectivity index (χ3n) is 4.99. The molecule has 1 amide bonds. The van der Waals surface area contributed by atoms with E-state index >= 15 is 0 Å². The second kappa shape index (κ2) is 6.30. The second-order valence-corrected chi connectivity index (χ2v) is 6.67. The molecule has 1 aliphatic heterocycles. The third kappa shape index (κ3) is 2.64. The molecule has 0 fully saturated rings. The van der Waals surface area contributed by atoms with E-state index in [4.69, 9.17) is 5.10 Å². The second-order valence-electron chi connectivity index (χ2n) is 6.67. The van der Waals surface area contributed by atoms with Crippen molar-refractivity contribution in [2.45, 2.75) is 20.4 Å². The van der Waals surface area contributed by atoms with Gasteiger partial charge in [0.1, 0.15) is 0 Å². The summed E-state index contributed by atoms with van der Waals surface area (Å²) in [6, 6.07) is 18.2. The number of aryl methyl sites for hydroxylation is 1. The minimum absolute atomic E-state index is 0.0285. The van der Waals surface area contributed by atoms with Crippen molar-refractivity contribution >= 4 is 23.2 Å². The lowest BCUT2D eigenvalue weighted by Gasteiger charge is -2.08. The molecular weight excluding hydrogens is 322 g/mol. The number of fused-ring (bicyclic) bond motifs is 1. The Kier molecular flexibility index (Phi) is 3.96. The molecule has 4 heteroatoms. The number of likely N-dealkylation sites (N-methyl/N-ethyl adjacent to an activating group) is 1. The molecule has 0 bridgehead atoms. The smallest absolute Gasteiger partial charge is 0.258 e. The lowest BCUT2D eigenvalue weighted by Crippen LogP contribution is -2.20. The summed E-state index contributed by atoms with van der Waals surface area (Å²) in [5.74, 6) is 0.0285. The summed E-state index contributed by atoms with van der Waals surface area (Å²) < 4.78 is 2.01. The van der Waals surface area contributed by atoms with Gasteiger partial charge >= 0.3 is 0 Å². The van der Waals surface area contributed by atoms with Crippen LogP contribution in [0.1, 0.15) is 28.1 Å². The molecule has 3 aromatic rings. The number of carbonyl (C=O) groups is 1. The van der Waals surface area contributed by atoms with Gasteiger partial charge in [0, 0.05) is 29.4 Å². The predicted octanol–water partition coefficient (Wildman–Crippen LogP) is 4.07. The van der Waals surface area contributed by atoms with E-state index in [0.717, 1.165) is 40.3 Å². The summed E-state index contributed by atoms with van der Waals surface area (Å²) in [4.78, 5) is 14.4. The molecule has 0 unspecified atom stereocenters. The number of aromatic nitrogens is 2. The minimum atomic E-state index is 0.0285. The van der Waals surface area contributed by atoms with Crippen LogP contribution in [-0.2, 0) is 11.3 Å². The lowest BCUT2D eigenvalue weighted by atomic mass is 10.0. The molecule has 130 valence electrons. The van der Waals surface area contributed by atoms with E-state index in [9.17, 15) is 4.79 Å². The molecule has 4 rings (SSSR count). The summed E-state index contributed by atoms with van der Waals surface area (Å²) in [7, 11) is 1.82. The highest BCUT2D eigenvalue weighted by Crippen LogP contribution is 2.37. The number of hydrogen-bond donors (Lipinski definition) is 0. The first-order valence-corrected chi connectivity index (χ1v) is 8.73. The molecule has 4 nitrogen and oxygen atoms in total. The van der Waals surface area contributed by atoms with Crippen LogP contribution in [0, 0.1) is 13.8 Å². The number of rotatable bonds is 3. The summed E-state index contributed by atoms with van der Waals surface area (Å²) in [5.41, 5.74) is 6.90. The van der Waals surface area contributed by atoms with Crippen LogP contribution in [0.3, 0.4) is 0 Å². The highest BCUT2D eigenvalue weighted by Gasteiger charge is 2.29. The van der Waals surface area contributed by atoms with Crippen LogP contribution in [0.15, 0.2) is 54.6 Å². The predicted molar refractivity (Wildman–Crippen MR) is 105 cm³/mol. The zero-order chi connectivity index (χ0) is 18.3. The molecule has 0 aliphatic carbocycles. The quantitative estimate of drug-likeness (QED) is 0.673. The topological polar surface area (TPSA) is 38.1 Å². The third-order valence-corrected chi connectivity index (χ3v) is 4.99. The zero-order valence-corrected chi connectivity index (χ0v) is 15.2. The Morgan fingerprint density at radius 2 is 1.69 bits per heavy atom. The summed E-state index contributed by atoms with van der Waals surface area (Å²) in [6.45, 7) is 4.78. The van der Waals surface area contributed by atoms with Crippen molar-refractivity contribution in [3.05, 3.63) is 82.7 Å². The summed E-state index contributed by atoms with van der Waals surface area (Å²) in [6.07, 6.45) is 1.99. The van der Waals surface area contributed by atoms with E-state index < -0.39 is 0 Å². The van der Waals surface area contributed by atoms with Gasteiger partial charge in [-0.2, -0.15) is 5.10 Å². The number of amides is 1. The molecule has 1 aromatic heterocycles. The lowest BCUT2D eigenvalue weighted by molar-refractivity contribution is -0.112. The molecule has 2 heterocycles. The molecule has 0 spiro atoms. The number of anilines is 1. The average Bonchev–Trinajstić information content (AvgIpc) is 3.06. The Balaban J connectivity index is 1.76. The van der Waals surface area contributed by atoms with Crippen LogP contribution in [-0.4, -0.2) is 22.7 Å². The Morgan fingerprint density at radius 3 is 2.46 bits per heavy atom. The molecule has 1 aliphatic rings. The van der Waals surface area contributed by atoms with Gasteiger partial charge in [-0.15, -0.1) is 0 Å². The Hall–Kier alpha value is -3.14. The van der Waals surface area contributed by atoms with E-state index in [1.165, 1.54) is 5.56 Å².